The van der Waals surface area contributed by atoms with Gasteiger partial charge in [-0.05, 0) is 25.0 Å². The van der Waals surface area contributed by atoms with Gasteiger partial charge < -0.3 is 10.1 Å². The Hall–Kier alpha value is -3.03. The van der Waals surface area contributed by atoms with Crippen LogP contribution in [0.1, 0.15) is 25.7 Å². The van der Waals surface area contributed by atoms with E-state index >= 15 is 0 Å². The van der Waals surface area contributed by atoms with E-state index in [0.717, 1.165) is 25.7 Å². The molecule has 1 fully saturated rings. The number of aromatic nitrogens is 4. The molecule has 3 aromatic rings. The van der Waals surface area contributed by atoms with Gasteiger partial charge in [0.1, 0.15) is 5.82 Å². The second-order valence-corrected chi connectivity index (χ2v) is 5.99. The zero-order chi connectivity index (χ0) is 17.2. The number of hydrogen-bond donors (Lipinski definition) is 2. The number of hydrogen-bond acceptors (Lipinski definition) is 5. The average Bonchev–Trinajstić information content (AvgIpc) is 3.27. The van der Waals surface area contributed by atoms with Gasteiger partial charge in [0.15, 0.2) is 17.2 Å². The monoisotopic (exact) mass is 341 g/mol. The molecular formula is C17H16FN5O2. The molecule has 1 aromatic carbocycles. The van der Waals surface area contributed by atoms with Crippen molar-refractivity contribution in [3.8, 4) is 11.8 Å². The first kappa shape index (κ1) is 15.5. The fourth-order valence-corrected chi connectivity index (χ4v) is 2.97. The Morgan fingerprint density at radius 1 is 1.28 bits per heavy atom. The molecule has 0 spiro atoms. The van der Waals surface area contributed by atoms with Gasteiger partial charge in [-0.25, -0.2) is 9.37 Å². The molecule has 0 aliphatic heterocycles. The summed E-state index contributed by atoms with van der Waals surface area (Å²) in [6.07, 6.45) is 5.49. The normalized spacial score (nSPS) is 14.8. The number of ether oxygens (including phenoxy) is 1. The van der Waals surface area contributed by atoms with Gasteiger partial charge in [-0.3, -0.25) is 9.89 Å². The summed E-state index contributed by atoms with van der Waals surface area (Å²) in [4.78, 5) is 20.4. The third-order valence-electron chi connectivity index (χ3n) is 4.30. The van der Waals surface area contributed by atoms with E-state index in [-0.39, 0.29) is 23.6 Å². The van der Waals surface area contributed by atoms with Crippen LogP contribution in [0.3, 0.4) is 0 Å². The first-order chi connectivity index (χ1) is 12.2. The van der Waals surface area contributed by atoms with Gasteiger partial charge in [0, 0.05) is 12.1 Å². The van der Waals surface area contributed by atoms with Crippen LogP contribution in [0.4, 0.5) is 10.2 Å². The van der Waals surface area contributed by atoms with Gasteiger partial charge in [-0.1, -0.05) is 25.0 Å². The highest BCUT2D eigenvalue weighted by atomic mass is 19.1. The van der Waals surface area contributed by atoms with Crippen LogP contribution in [0.15, 0.2) is 30.5 Å². The number of amides is 1. The Bertz CT molecular complexity index is 920. The number of carbonyl (C=O) groups is 1. The molecule has 1 aliphatic carbocycles. The summed E-state index contributed by atoms with van der Waals surface area (Å²) in [5.41, 5.74) is 0.336. The van der Waals surface area contributed by atoms with Crippen molar-refractivity contribution in [1.82, 2.24) is 20.2 Å². The van der Waals surface area contributed by atoms with E-state index in [4.69, 9.17) is 4.74 Å². The van der Waals surface area contributed by atoms with Crippen molar-refractivity contribution in [1.29, 1.82) is 0 Å². The van der Waals surface area contributed by atoms with E-state index in [1.54, 1.807) is 12.1 Å². The zero-order valence-corrected chi connectivity index (χ0v) is 13.3. The van der Waals surface area contributed by atoms with E-state index < -0.39 is 5.82 Å². The minimum atomic E-state index is -0.502. The lowest BCUT2D eigenvalue weighted by molar-refractivity contribution is -0.119. The van der Waals surface area contributed by atoms with Crippen LogP contribution >= 0.6 is 0 Å². The summed E-state index contributed by atoms with van der Waals surface area (Å²) in [5.74, 6) is 0.0203. The van der Waals surface area contributed by atoms with Crippen LogP contribution in [0.25, 0.3) is 11.0 Å². The standard InChI is InChI=1S/C17H16FN5O2/c18-12-7-3-4-8-13(12)25-17-19-9-11-14(22-23-15(11)21-17)20-16(24)10-5-1-2-6-10/h3-4,7-10H,1-2,5-6H2,(H2,19,20,21,22,23,24). The smallest absolute Gasteiger partial charge is 0.324 e. The molecule has 0 saturated heterocycles. The molecule has 7 nitrogen and oxygen atoms in total. The van der Waals surface area contributed by atoms with Crippen molar-refractivity contribution in [3.63, 3.8) is 0 Å². The number of halogens is 1. The topological polar surface area (TPSA) is 92.8 Å². The number of fused-ring (bicyclic) bond motifs is 1. The first-order valence-corrected chi connectivity index (χ1v) is 8.15. The summed E-state index contributed by atoms with van der Waals surface area (Å²) in [6.45, 7) is 0. The molecule has 2 aromatic heterocycles. The lowest BCUT2D eigenvalue weighted by atomic mass is 10.1. The Labute approximate surface area is 142 Å². The molecule has 1 aliphatic rings. The minimum Gasteiger partial charge on any atom is -0.421 e. The van der Waals surface area contributed by atoms with Crippen molar-refractivity contribution in [2.24, 2.45) is 5.92 Å². The first-order valence-electron chi connectivity index (χ1n) is 8.15. The highest BCUT2D eigenvalue weighted by Gasteiger charge is 2.24. The highest BCUT2D eigenvalue weighted by molar-refractivity contribution is 5.99. The number of benzene rings is 1. The lowest BCUT2D eigenvalue weighted by Gasteiger charge is -2.08. The fraction of sp³-hybridized carbons (Fsp3) is 0.294. The van der Waals surface area contributed by atoms with Crippen molar-refractivity contribution in [2.75, 3.05) is 5.32 Å². The fourth-order valence-electron chi connectivity index (χ4n) is 2.97. The van der Waals surface area contributed by atoms with Crippen molar-refractivity contribution in [2.45, 2.75) is 25.7 Å². The minimum absolute atomic E-state index is 0.0160. The number of aromatic amines is 1. The highest BCUT2D eigenvalue weighted by Crippen LogP contribution is 2.28. The molecule has 128 valence electrons. The molecule has 0 unspecified atom stereocenters. The summed E-state index contributed by atoms with van der Waals surface area (Å²) in [7, 11) is 0. The molecule has 1 saturated carbocycles. The second-order valence-electron chi connectivity index (χ2n) is 5.99. The average molecular weight is 341 g/mol. The predicted molar refractivity (Wildman–Crippen MR) is 88.7 cm³/mol. The van der Waals surface area contributed by atoms with Gasteiger partial charge in [-0.2, -0.15) is 10.1 Å². The van der Waals surface area contributed by atoms with E-state index in [2.05, 4.69) is 25.5 Å². The molecule has 0 bridgehead atoms. The van der Waals surface area contributed by atoms with Crippen LogP contribution < -0.4 is 10.1 Å². The van der Waals surface area contributed by atoms with Crippen LogP contribution in [-0.4, -0.2) is 26.1 Å². The number of H-pyrrole nitrogens is 1. The van der Waals surface area contributed by atoms with Gasteiger partial charge in [0.2, 0.25) is 5.91 Å². The van der Waals surface area contributed by atoms with Gasteiger partial charge >= 0.3 is 6.01 Å². The molecule has 2 heterocycles. The maximum absolute atomic E-state index is 13.6. The molecule has 4 rings (SSSR count). The number of anilines is 1. The van der Waals surface area contributed by atoms with E-state index in [1.807, 2.05) is 0 Å². The Morgan fingerprint density at radius 3 is 2.88 bits per heavy atom. The van der Waals surface area contributed by atoms with Crippen LogP contribution in [0.2, 0.25) is 0 Å². The molecule has 0 radical (unpaired) electrons. The molecule has 0 atom stereocenters. The predicted octanol–water partition coefficient (Wildman–Crippen LogP) is 3.41. The SMILES string of the molecule is O=C(Nc1[nH]nc2nc(Oc3ccccc3F)ncc12)C1CCCC1. The summed E-state index contributed by atoms with van der Waals surface area (Å²) < 4.78 is 19.0. The van der Waals surface area contributed by atoms with Crippen molar-refractivity contribution in [3.05, 3.63) is 36.3 Å². The number of nitrogens with zero attached hydrogens (tertiary/aromatic N) is 3. The maximum atomic E-state index is 13.6. The number of para-hydroxylation sites is 1. The molecule has 8 heteroatoms. The number of nitrogens with one attached hydrogen (secondary N) is 2. The Balaban J connectivity index is 1.54. The second kappa shape index (κ2) is 6.46. The molecule has 2 N–H and O–H groups in total. The quantitative estimate of drug-likeness (QED) is 0.758. The van der Waals surface area contributed by atoms with Crippen molar-refractivity contribution < 1.29 is 13.9 Å². The van der Waals surface area contributed by atoms with Crippen LogP contribution in [0.5, 0.6) is 11.8 Å². The molecular weight excluding hydrogens is 325 g/mol. The summed E-state index contributed by atoms with van der Waals surface area (Å²) in [5, 5.41) is 10.2. The number of carbonyl (C=O) groups excluding carboxylic acids is 1. The van der Waals surface area contributed by atoms with Gasteiger partial charge in [0.25, 0.3) is 0 Å². The van der Waals surface area contributed by atoms with E-state index in [9.17, 15) is 9.18 Å². The van der Waals surface area contributed by atoms with E-state index in [0.29, 0.717) is 16.9 Å². The maximum Gasteiger partial charge on any atom is 0.324 e. The molecule has 1 amide bonds. The lowest BCUT2D eigenvalue weighted by Crippen LogP contribution is -2.20. The zero-order valence-electron chi connectivity index (χ0n) is 13.3. The Morgan fingerprint density at radius 2 is 2.08 bits per heavy atom. The Kier molecular flexibility index (Phi) is 4.01. The largest absolute Gasteiger partial charge is 0.421 e. The van der Waals surface area contributed by atoms with E-state index in [1.165, 1.54) is 18.3 Å². The third kappa shape index (κ3) is 3.15. The van der Waals surface area contributed by atoms with Crippen LogP contribution in [-0.2, 0) is 4.79 Å². The van der Waals surface area contributed by atoms with Gasteiger partial charge in [0.05, 0.1) is 5.39 Å². The summed E-state index contributed by atoms with van der Waals surface area (Å²) in [6, 6.07) is 5.99. The molecule has 25 heavy (non-hydrogen) atoms. The van der Waals surface area contributed by atoms with Gasteiger partial charge in [-0.15, -0.1) is 0 Å². The van der Waals surface area contributed by atoms with Crippen LogP contribution in [0, 0.1) is 11.7 Å². The number of rotatable bonds is 4. The third-order valence-corrected chi connectivity index (χ3v) is 4.30. The van der Waals surface area contributed by atoms with Crippen molar-refractivity contribution >= 4 is 22.8 Å². The summed E-state index contributed by atoms with van der Waals surface area (Å²) >= 11 is 0.